The first-order valence-corrected chi connectivity index (χ1v) is 7.78. The van der Waals surface area contributed by atoms with Crippen LogP contribution in [-0.4, -0.2) is 30.6 Å². The molecule has 1 saturated heterocycles. The van der Waals surface area contributed by atoms with Gasteiger partial charge in [-0.3, -0.25) is 4.90 Å². The van der Waals surface area contributed by atoms with Crippen molar-refractivity contribution in [1.29, 1.82) is 0 Å². The van der Waals surface area contributed by atoms with Gasteiger partial charge in [-0.15, -0.1) is 12.4 Å². The van der Waals surface area contributed by atoms with Crippen molar-refractivity contribution in [3.05, 3.63) is 35.9 Å². The Labute approximate surface area is 134 Å². The molecule has 1 fully saturated rings. The average Bonchev–Trinajstić information content (AvgIpc) is 2.76. The number of benzene rings is 1. The third-order valence-corrected chi connectivity index (χ3v) is 3.79. The van der Waals surface area contributed by atoms with Crippen LogP contribution in [0.3, 0.4) is 0 Å². The largest absolute Gasteiger partial charge is 0.464 e. The van der Waals surface area contributed by atoms with Crippen LogP contribution in [0.2, 0.25) is 0 Å². The lowest BCUT2D eigenvalue weighted by Crippen LogP contribution is -2.36. The van der Waals surface area contributed by atoms with Crippen molar-refractivity contribution in [2.45, 2.75) is 45.1 Å². The van der Waals surface area contributed by atoms with Crippen LogP contribution in [0, 0.1) is 0 Å². The first-order chi connectivity index (χ1) is 9.83. The lowest BCUT2D eigenvalue weighted by Gasteiger charge is -2.29. The number of hydrogen-bond donors (Lipinski definition) is 0. The molecule has 0 aliphatic carbocycles. The van der Waals surface area contributed by atoms with Crippen LogP contribution < -0.4 is 0 Å². The molecule has 0 spiro atoms. The van der Waals surface area contributed by atoms with Crippen LogP contribution in [0.4, 0.5) is 0 Å². The monoisotopic (exact) mass is 311 g/mol. The van der Waals surface area contributed by atoms with Gasteiger partial charge in [0.2, 0.25) is 0 Å². The van der Waals surface area contributed by atoms with Crippen molar-refractivity contribution >= 4 is 18.4 Å². The fourth-order valence-corrected chi connectivity index (χ4v) is 2.77. The van der Waals surface area contributed by atoms with E-state index in [9.17, 15) is 4.79 Å². The van der Waals surface area contributed by atoms with Crippen LogP contribution in [0.15, 0.2) is 30.3 Å². The van der Waals surface area contributed by atoms with Crippen molar-refractivity contribution in [2.24, 2.45) is 0 Å². The third kappa shape index (κ3) is 5.33. The summed E-state index contributed by atoms with van der Waals surface area (Å²) >= 11 is 0. The van der Waals surface area contributed by atoms with E-state index >= 15 is 0 Å². The maximum absolute atomic E-state index is 12.5. The minimum Gasteiger partial charge on any atom is -0.464 e. The summed E-state index contributed by atoms with van der Waals surface area (Å²) in [5.41, 5.74) is 1.05. The van der Waals surface area contributed by atoms with Gasteiger partial charge in [0.25, 0.3) is 0 Å². The number of rotatable bonds is 5. The van der Waals surface area contributed by atoms with E-state index in [4.69, 9.17) is 4.74 Å². The van der Waals surface area contributed by atoms with Crippen molar-refractivity contribution in [3.8, 4) is 0 Å². The number of ether oxygens (including phenoxy) is 1. The highest BCUT2D eigenvalue weighted by Crippen LogP contribution is 2.25. The number of esters is 1. The molecule has 2 rings (SSSR count). The van der Waals surface area contributed by atoms with E-state index in [0.717, 1.165) is 25.1 Å². The summed E-state index contributed by atoms with van der Waals surface area (Å²) in [4.78, 5) is 14.7. The molecule has 0 aromatic heterocycles. The quantitative estimate of drug-likeness (QED) is 0.770. The van der Waals surface area contributed by atoms with E-state index in [2.05, 4.69) is 4.90 Å². The van der Waals surface area contributed by atoms with E-state index in [1.165, 1.54) is 25.7 Å². The van der Waals surface area contributed by atoms with Gasteiger partial charge < -0.3 is 4.74 Å². The van der Waals surface area contributed by atoms with Crippen LogP contribution in [0.25, 0.3) is 0 Å². The average molecular weight is 312 g/mol. The van der Waals surface area contributed by atoms with Gasteiger partial charge in [-0.2, -0.15) is 0 Å². The highest BCUT2D eigenvalue weighted by atomic mass is 35.5. The number of halogens is 1. The molecule has 1 aromatic carbocycles. The Morgan fingerprint density at radius 1 is 1.14 bits per heavy atom. The van der Waals surface area contributed by atoms with E-state index in [1.807, 2.05) is 37.3 Å². The van der Waals surface area contributed by atoms with Gasteiger partial charge in [-0.1, -0.05) is 50.1 Å². The Hall–Kier alpha value is -1.06. The Balaban J connectivity index is 0.00000220. The Morgan fingerprint density at radius 2 is 1.76 bits per heavy atom. The molecule has 21 heavy (non-hydrogen) atoms. The molecule has 1 heterocycles. The Bertz CT molecular complexity index is 403. The topological polar surface area (TPSA) is 29.5 Å². The van der Waals surface area contributed by atoms with Crippen molar-refractivity contribution in [2.75, 3.05) is 19.7 Å². The highest BCUT2D eigenvalue weighted by molar-refractivity contribution is 5.85. The lowest BCUT2D eigenvalue weighted by molar-refractivity contribution is -0.150. The van der Waals surface area contributed by atoms with Gasteiger partial charge in [0.15, 0.2) is 0 Å². The molecule has 0 radical (unpaired) electrons. The van der Waals surface area contributed by atoms with Crippen molar-refractivity contribution in [1.82, 2.24) is 4.90 Å². The van der Waals surface area contributed by atoms with Crippen LogP contribution >= 0.6 is 12.4 Å². The predicted molar refractivity (Wildman–Crippen MR) is 87.7 cm³/mol. The summed E-state index contributed by atoms with van der Waals surface area (Å²) in [5.74, 6) is -0.0973. The second-order valence-electron chi connectivity index (χ2n) is 5.43. The molecule has 0 amide bonds. The Morgan fingerprint density at radius 3 is 2.33 bits per heavy atom. The number of carbonyl (C=O) groups is 1. The fourth-order valence-electron chi connectivity index (χ4n) is 2.77. The van der Waals surface area contributed by atoms with E-state index in [-0.39, 0.29) is 24.4 Å². The highest BCUT2D eigenvalue weighted by Gasteiger charge is 2.29. The zero-order chi connectivity index (χ0) is 14.2. The normalized spacial score (nSPS) is 17.4. The first-order valence-electron chi connectivity index (χ1n) is 7.78. The van der Waals surface area contributed by atoms with Crippen LogP contribution in [0.5, 0.6) is 0 Å². The van der Waals surface area contributed by atoms with Gasteiger partial charge in [0.1, 0.15) is 6.04 Å². The molecule has 3 nitrogen and oxygen atoms in total. The second kappa shape index (κ2) is 9.80. The van der Waals surface area contributed by atoms with Crippen LogP contribution in [-0.2, 0) is 9.53 Å². The van der Waals surface area contributed by atoms with Gasteiger partial charge in [-0.05, 0) is 37.9 Å². The molecule has 4 heteroatoms. The van der Waals surface area contributed by atoms with E-state index in [1.54, 1.807) is 0 Å². The zero-order valence-electron chi connectivity index (χ0n) is 12.8. The number of carbonyl (C=O) groups excluding carboxylic acids is 1. The summed E-state index contributed by atoms with van der Waals surface area (Å²) in [7, 11) is 0. The molecule has 0 bridgehead atoms. The van der Waals surface area contributed by atoms with Gasteiger partial charge in [0.05, 0.1) is 6.61 Å². The molecular weight excluding hydrogens is 286 g/mol. The second-order valence-corrected chi connectivity index (χ2v) is 5.43. The number of hydrogen-bond acceptors (Lipinski definition) is 3. The maximum Gasteiger partial charge on any atom is 0.328 e. The first kappa shape index (κ1) is 18.0. The minimum absolute atomic E-state index is 0. The lowest BCUT2D eigenvalue weighted by atomic mass is 10.1. The third-order valence-electron chi connectivity index (χ3n) is 3.79. The van der Waals surface area contributed by atoms with Gasteiger partial charge in [-0.25, -0.2) is 4.79 Å². The molecule has 1 aliphatic heterocycles. The summed E-state index contributed by atoms with van der Waals surface area (Å²) in [5, 5.41) is 0. The standard InChI is InChI=1S/C17H25NO2.ClH/c1-2-14-20-17(19)16(15-10-6-5-7-11-15)18-12-8-3-4-9-13-18;/h5-7,10-11,16H,2-4,8-9,12-14H2,1H3;1H. The van der Waals surface area contributed by atoms with E-state index in [0.29, 0.717) is 6.61 Å². The summed E-state index contributed by atoms with van der Waals surface area (Å²) < 4.78 is 5.42. The summed E-state index contributed by atoms with van der Waals surface area (Å²) in [6, 6.07) is 9.80. The molecule has 1 aromatic rings. The SMILES string of the molecule is CCCOC(=O)C(c1ccccc1)N1CCCCCC1.Cl. The van der Waals surface area contributed by atoms with Gasteiger partial charge >= 0.3 is 5.97 Å². The molecule has 0 N–H and O–H groups in total. The smallest absolute Gasteiger partial charge is 0.328 e. The maximum atomic E-state index is 12.5. The fraction of sp³-hybridized carbons (Fsp3) is 0.588. The minimum atomic E-state index is -0.235. The van der Waals surface area contributed by atoms with Crippen molar-refractivity contribution < 1.29 is 9.53 Å². The number of nitrogens with zero attached hydrogens (tertiary/aromatic N) is 1. The number of likely N-dealkylation sites (tertiary alicyclic amines) is 1. The Kier molecular flexibility index (Phi) is 8.40. The molecule has 118 valence electrons. The summed E-state index contributed by atoms with van der Waals surface area (Å²) in [6.45, 7) is 4.51. The molecule has 1 unspecified atom stereocenters. The van der Waals surface area contributed by atoms with Gasteiger partial charge in [0, 0.05) is 0 Å². The zero-order valence-corrected chi connectivity index (χ0v) is 13.6. The molecule has 0 saturated carbocycles. The predicted octanol–water partition coefficient (Wildman–Crippen LogP) is 3.98. The van der Waals surface area contributed by atoms with Crippen molar-refractivity contribution in [3.63, 3.8) is 0 Å². The summed E-state index contributed by atoms with van der Waals surface area (Å²) in [6.07, 6.45) is 5.74. The molecular formula is C17H26ClNO2. The van der Waals surface area contributed by atoms with Crippen LogP contribution in [0.1, 0.15) is 50.6 Å². The molecule has 1 aliphatic rings. The van der Waals surface area contributed by atoms with E-state index < -0.39 is 0 Å². The molecule has 1 atom stereocenters.